The normalized spacial score (nSPS) is 11.3. The number of aryl methyl sites for hydroxylation is 2. The fourth-order valence-electron chi connectivity index (χ4n) is 3.35. The van der Waals surface area contributed by atoms with Crippen molar-refractivity contribution in [1.82, 2.24) is 9.55 Å². The van der Waals surface area contributed by atoms with Crippen molar-refractivity contribution in [2.24, 2.45) is 0 Å². The lowest BCUT2D eigenvalue weighted by Crippen LogP contribution is -2.21. The Labute approximate surface area is 193 Å². The molecular formula is C23H20Cl2N2OS2. The van der Waals surface area contributed by atoms with Gasteiger partial charge in [0.15, 0.2) is 5.16 Å². The number of benzene rings is 2. The summed E-state index contributed by atoms with van der Waals surface area (Å²) in [4.78, 5) is 20.5. The molecule has 2 aromatic carbocycles. The van der Waals surface area contributed by atoms with Crippen molar-refractivity contribution in [3.8, 4) is 5.69 Å². The van der Waals surface area contributed by atoms with E-state index in [0.717, 1.165) is 34.5 Å². The van der Waals surface area contributed by atoms with Crippen LogP contribution >= 0.6 is 46.3 Å². The molecule has 0 unspecified atom stereocenters. The molecule has 0 spiro atoms. The second kappa shape index (κ2) is 9.15. The van der Waals surface area contributed by atoms with Crippen LogP contribution in [0.1, 0.15) is 29.3 Å². The summed E-state index contributed by atoms with van der Waals surface area (Å²) in [5.41, 5.74) is 2.76. The molecule has 0 N–H and O–H groups in total. The first-order valence-electron chi connectivity index (χ1n) is 9.66. The van der Waals surface area contributed by atoms with Gasteiger partial charge in [-0.3, -0.25) is 9.36 Å². The molecule has 4 aromatic rings. The Balaban J connectivity index is 1.88. The fourth-order valence-corrected chi connectivity index (χ4v) is 6.09. The summed E-state index contributed by atoms with van der Waals surface area (Å²) in [6.07, 6.45) is 1.99. The summed E-state index contributed by atoms with van der Waals surface area (Å²) < 4.78 is 1.69. The van der Waals surface area contributed by atoms with Crippen LogP contribution in [0.4, 0.5) is 0 Å². The predicted molar refractivity (Wildman–Crippen MR) is 130 cm³/mol. The smallest absolute Gasteiger partial charge is 0.267 e. The molecule has 4 rings (SSSR count). The molecule has 0 amide bonds. The highest BCUT2D eigenvalue weighted by atomic mass is 35.5. The first-order valence-corrected chi connectivity index (χ1v) is 12.2. The molecule has 0 saturated carbocycles. The largest absolute Gasteiger partial charge is 0.268 e. The fraction of sp³-hybridized carbons (Fsp3) is 0.217. The molecule has 0 bridgehead atoms. The van der Waals surface area contributed by atoms with E-state index in [9.17, 15) is 4.79 Å². The van der Waals surface area contributed by atoms with E-state index < -0.39 is 0 Å². The van der Waals surface area contributed by atoms with Gasteiger partial charge in [-0.15, -0.1) is 11.3 Å². The zero-order valence-electron chi connectivity index (χ0n) is 16.6. The number of rotatable bonds is 6. The van der Waals surface area contributed by atoms with Crippen LogP contribution in [0.5, 0.6) is 0 Å². The molecule has 0 aliphatic carbocycles. The van der Waals surface area contributed by atoms with Gasteiger partial charge in [0.25, 0.3) is 5.56 Å². The van der Waals surface area contributed by atoms with Crippen LogP contribution in [0, 0.1) is 6.92 Å². The number of hydrogen-bond donors (Lipinski definition) is 0. The molecule has 0 aliphatic heterocycles. The minimum Gasteiger partial charge on any atom is -0.268 e. The first-order chi connectivity index (χ1) is 14.5. The molecule has 0 fully saturated rings. The number of hydrogen-bond acceptors (Lipinski definition) is 4. The highest BCUT2D eigenvalue weighted by Crippen LogP contribution is 2.32. The summed E-state index contributed by atoms with van der Waals surface area (Å²) in [6, 6.07) is 15.0. The zero-order chi connectivity index (χ0) is 21.3. The van der Waals surface area contributed by atoms with Crippen molar-refractivity contribution >= 4 is 56.5 Å². The highest BCUT2D eigenvalue weighted by molar-refractivity contribution is 7.98. The summed E-state index contributed by atoms with van der Waals surface area (Å²) in [7, 11) is 0. The molecule has 0 aliphatic rings. The van der Waals surface area contributed by atoms with Gasteiger partial charge in [-0.25, -0.2) is 4.98 Å². The van der Waals surface area contributed by atoms with Gasteiger partial charge in [0.2, 0.25) is 0 Å². The lowest BCUT2D eigenvalue weighted by atomic mass is 10.1. The van der Waals surface area contributed by atoms with Crippen molar-refractivity contribution in [1.29, 1.82) is 0 Å². The van der Waals surface area contributed by atoms with Gasteiger partial charge in [-0.1, -0.05) is 66.5 Å². The Morgan fingerprint density at radius 1 is 1.10 bits per heavy atom. The second-order valence-electron chi connectivity index (χ2n) is 6.97. The average Bonchev–Trinajstić information content (AvgIpc) is 3.04. The van der Waals surface area contributed by atoms with Crippen LogP contribution in [0.3, 0.4) is 0 Å². The Hall–Kier alpha value is -1.79. The molecule has 7 heteroatoms. The summed E-state index contributed by atoms with van der Waals surface area (Å²) >= 11 is 15.5. The predicted octanol–water partition coefficient (Wildman–Crippen LogP) is 7.31. The van der Waals surface area contributed by atoms with E-state index in [1.165, 1.54) is 16.6 Å². The molecular weight excluding hydrogens is 455 g/mol. The number of nitrogens with zero attached hydrogens (tertiary/aromatic N) is 2. The lowest BCUT2D eigenvalue weighted by molar-refractivity contribution is 0.821. The molecule has 154 valence electrons. The van der Waals surface area contributed by atoms with Crippen molar-refractivity contribution in [2.75, 3.05) is 0 Å². The van der Waals surface area contributed by atoms with Crippen LogP contribution in [0.2, 0.25) is 10.0 Å². The highest BCUT2D eigenvalue weighted by Gasteiger charge is 2.19. The van der Waals surface area contributed by atoms with E-state index in [1.54, 1.807) is 28.0 Å². The summed E-state index contributed by atoms with van der Waals surface area (Å²) in [6.45, 7) is 4.17. The number of thiophene rings is 1. The van der Waals surface area contributed by atoms with Crippen molar-refractivity contribution in [3.63, 3.8) is 0 Å². The van der Waals surface area contributed by atoms with Crippen molar-refractivity contribution < 1.29 is 0 Å². The maximum atomic E-state index is 13.6. The number of thioether (sulfide) groups is 1. The van der Waals surface area contributed by atoms with E-state index in [2.05, 4.69) is 6.92 Å². The monoisotopic (exact) mass is 474 g/mol. The van der Waals surface area contributed by atoms with Gasteiger partial charge < -0.3 is 0 Å². The van der Waals surface area contributed by atoms with Crippen LogP contribution in [-0.4, -0.2) is 9.55 Å². The number of halogens is 2. The first kappa shape index (κ1) is 21.4. The topological polar surface area (TPSA) is 34.9 Å². The van der Waals surface area contributed by atoms with E-state index in [1.807, 2.05) is 43.3 Å². The van der Waals surface area contributed by atoms with Crippen LogP contribution in [-0.2, 0) is 12.2 Å². The lowest BCUT2D eigenvalue weighted by Gasteiger charge is -2.13. The Kier molecular flexibility index (Phi) is 6.54. The molecule has 2 heterocycles. The maximum absolute atomic E-state index is 13.6. The van der Waals surface area contributed by atoms with E-state index in [0.29, 0.717) is 26.3 Å². The summed E-state index contributed by atoms with van der Waals surface area (Å²) in [5.74, 6) is 0.622. The van der Waals surface area contributed by atoms with Crippen molar-refractivity contribution in [2.45, 2.75) is 37.6 Å². The average molecular weight is 475 g/mol. The third-order valence-corrected chi connectivity index (χ3v) is 7.76. The molecule has 30 heavy (non-hydrogen) atoms. The minimum absolute atomic E-state index is 0.0416. The zero-order valence-corrected chi connectivity index (χ0v) is 19.8. The van der Waals surface area contributed by atoms with E-state index in [4.69, 9.17) is 28.2 Å². The molecule has 0 atom stereocenters. The van der Waals surface area contributed by atoms with E-state index in [-0.39, 0.29) is 5.56 Å². The van der Waals surface area contributed by atoms with Gasteiger partial charge in [0.05, 0.1) is 11.1 Å². The Bertz CT molecular complexity index is 1260. The van der Waals surface area contributed by atoms with Crippen LogP contribution in [0.15, 0.2) is 58.5 Å². The molecule has 3 nitrogen and oxygen atoms in total. The SMILES string of the molecule is CCCc1sc2nc(SCc3ccccc3Cl)n(-c3ccc(Cl)cc3)c(=O)c2c1C. The number of aromatic nitrogens is 2. The molecule has 2 aromatic heterocycles. The van der Waals surface area contributed by atoms with Crippen LogP contribution in [0.25, 0.3) is 15.9 Å². The maximum Gasteiger partial charge on any atom is 0.267 e. The third kappa shape index (κ3) is 4.17. The standard InChI is InChI=1S/C23H20Cl2N2OS2/c1-3-6-19-14(2)20-21(30-19)26-23(29-13-15-7-4-5-8-18(15)25)27(22(20)28)17-11-9-16(24)10-12-17/h4-5,7-12H,3,6,13H2,1-2H3. The minimum atomic E-state index is -0.0416. The van der Waals surface area contributed by atoms with Gasteiger partial charge in [0, 0.05) is 20.7 Å². The quantitative estimate of drug-likeness (QED) is 0.217. The summed E-state index contributed by atoms with van der Waals surface area (Å²) in [5, 5.41) is 2.70. The molecule has 0 saturated heterocycles. The number of fused-ring (bicyclic) bond motifs is 1. The van der Waals surface area contributed by atoms with Gasteiger partial charge in [-0.2, -0.15) is 0 Å². The van der Waals surface area contributed by atoms with Gasteiger partial charge in [-0.05, 0) is 54.8 Å². The van der Waals surface area contributed by atoms with E-state index >= 15 is 0 Å². The van der Waals surface area contributed by atoms with Crippen LogP contribution < -0.4 is 5.56 Å². The third-order valence-electron chi connectivity index (χ3n) is 4.91. The van der Waals surface area contributed by atoms with Gasteiger partial charge in [0.1, 0.15) is 4.83 Å². The Morgan fingerprint density at radius 2 is 1.83 bits per heavy atom. The van der Waals surface area contributed by atoms with Gasteiger partial charge >= 0.3 is 0 Å². The molecule has 0 radical (unpaired) electrons. The second-order valence-corrected chi connectivity index (χ2v) is 9.84. The Morgan fingerprint density at radius 3 is 2.53 bits per heavy atom. The van der Waals surface area contributed by atoms with Crippen molar-refractivity contribution in [3.05, 3.63) is 84.9 Å².